The van der Waals surface area contributed by atoms with Crippen molar-refractivity contribution in [3.63, 3.8) is 0 Å². The van der Waals surface area contributed by atoms with Gasteiger partial charge in [-0.3, -0.25) is 4.79 Å². The Morgan fingerprint density at radius 2 is 2.21 bits per heavy atom. The topological polar surface area (TPSA) is 90.1 Å². The lowest BCUT2D eigenvalue weighted by Gasteiger charge is -2.31. The zero-order valence-electron chi connectivity index (χ0n) is 10.5. The van der Waals surface area contributed by atoms with Crippen LogP contribution in [0.1, 0.15) is 18.4 Å². The highest BCUT2D eigenvalue weighted by molar-refractivity contribution is 7.98. The highest BCUT2D eigenvalue weighted by Gasteiger charge is 2.27. The molecular weight excluding hydrogens is 264 g/mol. The number of aromatic nitrogens is 2. The van der Waals surface area contributed by atoms with Crippen molar-refractivity contribution in [3.05, 3.63) is 11.9 Å². The molecule has 1 saturated heterocycles. The lowest BCUT2D eigenvalue weighted by Crippen LogP contribution is -2.37. The number of carbonyl (C=O) groups is 1. The van der Waals surface area contributed by atoms with E-state index in [0.717, 1.165) is 0 Å². The van der Waals surface area contributed by atoms with Crippen LogP contribution in [-0.4, -0.2) is 40.4 Å². The second kappa shape index (κ2) is 5.89. The van der Waals surface area contributed by atoms with Crippen LogP contribution < -0.4 is 4.90 Å². The van der Waals surface area contributed by atoms with E-state index in [9.17, 15) is 10.1 Å². The third kappa shape index (κ3) is 2.79. The number of carboxylic acids is 1. The molecule has 2 heterocycles. The van der Waals surface area contributed by atoms with Gasteiger partial charge >= 0.3 is 5.97 Å². The van der Waals surface area contributed by atoms with Gasteiger partial charge in [-0.25, -0.2) is 9.97 Å². The van der Waals surface area contributed by atoms with Gasteiger partial charge in [-0.1, -0.05) is 0 Å². The molecule has 0 aromatic carbocycles. The van der Waals surface area contributed by atoms with Gasteiger partial charge in [-0.15, -0.1) is 11.8 Å². The van der Waals surface area contributed by atoms with E-state index in [-0.39, 0.29) is 5.92 Å². The molecule has 1 aromatic heterocycles. The number of thioether (sulfide) groups is 1. The average Bonchev–Trinajstić information content (AvgIpc) is 2.46. The van der Waals surface area contributed by atoms with Crippen LogP contribution in [-0.2, 0) is 4.79 Å². The standard InChI is InChI=1S/C12H14N4O2S/c1-19-11-9(6-13)10(14-7-15-11)16-4-2-8(3-5-16)12(17)18/h7-8H,2-5H2,1H3,(H,17,18). The quantitative estimate of drug-likeness (QED) is 0.659. The molecule has 0 spiro atoms. The summed E-state index contributed by atoms with van der Waals surface area (Å²) in [5.74, 6) is -0.415. The van der Waals surface area contributed by atoms with Gasteiger partial charge in [-0.05, 0) is 19.1 Å². The third-order valence-corrected chi connectivity index (χ3v) is 3.94. The van der Waals surface area contributed by atoms with Crippen molar-refractivity contribution in [2.24, 2.45) is 5.92 Å². The van der Waals surface area contributed by atoms with E-state index >= 15 is 0 Å². The van der Waals surface area contributed by atoms with Crippen molar-refractivity contribution in [1.29, 1.82) is 5.26 Å². The number of rotatable bonds is 3. The maximum absolute atomic E-state index is 10.9. The first kappa shape index (κ1) is 13.6. The second-order valence-electron chi connectivity index (χ2n) is 4.29. The first-order chi connectivity index (χ1) is 9.17. The lowest BCUT2D eigenvalue weighted by molar-refractivity contribution is -0.142. The third-order valence-electron chi connectivity index (χ3n) is 3.24. The number of aliphatic carboxylic acids is 1. The molecule has 1 aliphatic rings. The summed E-state index contributed by atoms with van der Waals surface area (Å²) in [6, 6.07) is 2.14. The van der Waals surface area contributed by atoms with Crippen molar-refractivity contribution in [2.75, 3.05) is 24.2 Å². The Morgan fingerprint density at radius 3 is 2.74 bits per heavy atom. The van der Waals surface area contributed by atoms with E-state index in [1.54, 1.807) is 0 Å². The van der Waals surface area contributed by atoms with Gasteiger partial charge in [0, 0.05) is 13.1 Å². The Balaban J connectivity index is 2.20. The van der Waals surface area contributed by atoms with Crippen molar-refractivity contribution in [3.8, 4) is 6.07 Å². The number of hydrogen-bond acceptors (Lipinski definition) is 6. The minimum Gasteiger partial charge on any atom is -0.481 e. The van der Waals surface area contributed by atoms with E-state index in [0.29, 0.717) is 42.3 Å². The minimum atomic E-state index is -0.743. The van der Waals surface area contributed by atoms with E-state index in [1.165, 1.54) is 18.1 Å². The zero-order valence-corrected chi connectivity index (χ0v) is 11.4. The van der Waals surface area contributed by atoms with Crippen LogP contribution >= 0.6 is 11.8 Å². The molecule has 1 aromatic rings. The summed E-state index contributed by atoms with van der Waals surface area (Å²) in [6.07, 6.45) is 4.48. The zero-order chi connectivity index (χ0) is 13.8. The van der Waals surface area contributed by atoms with E-state index in [1.807, 2.05) is 11.2 Å². The summed E-state index contributed by atoms with van der Waals surface area (Å²) in [6.45, 7) is 1.22. The van der Waals surface area contributed by atoms with Crippen molar-refractivity contribution >= 4 is 23.5 Å². The number of anilines is 1. The van der Waals surface area contributed by atoms with Gasteiger partial charge in [0.2, 0.25) is 0 Å². The summed E-state index contributed by atoms with van der Waals surface area (Å²) in [7, 11) is 0. The van der Waals surface area contributed by atoms with Gasteiger partial charge in [0.05, 0.1) is 5.92 Å². The first-order valence-electron chi connectivity index (χ1n) is 5.94. The van der Waals surface area contributed by atoms with Crippen molar-refractivity contribution in [1.82, 2.24) is 9.97 Å². The average molecular weight is 278 g/mol. The van der Waals surface area contributed by atoms with Crippen LogP contribution in [0.15, 0.2) is 11.4 Å². The Kier molecular flexibility index (Phi) is 4.22. The molecule has 0 saturated carbocycles. The van der Waals surface area contributed by atoms with Crippen LogP contribution in [0.2, 0.25) is 0 Å². The maximum atomic E-state index is 10.9. The molecule has 0 atom stereocenters. The molecule has 7 heteroatoms. The molecule has 1 fully saturated rings. The monoisotopic (exact) mass is 278 g/mol. The molecule has 100 valence electrons. The molecule has 6 nitrogen and oxygen atoms in total. The summed E-state index contributed by atoms with van der Waals surface area (Å²) in [4.78, 5) is 21.2. The Labute approximate surface area is 115 Å². The number of nitriles is 1. The lowest BCUT2D eigenvalue weighted by atomic mass is 9.97. The fraction of sp³-hybridized carbons (Fsp3) is 0.500. The van der Waals surface area contributed by atoms with Crippen molar-refractivity contribution in [2.45, 2.75) is 17.9 Å². The minimum absolute atomic E-state index is 0.288. The molecule has 0 amide bonds. The molecule has 0 radical (unpaired) electrons. The Bertz CT molecular complexity index is 521. The van der Waals surface area contributed by atoms with Gasteiger partial charge in [0.15, 0.2) is 5.82 Å². The summed E-state index contributed by atoms with van der Waals surface area (Å²) in [5, 5.41) is 18.9. The second-order valence-corrected chi connectivity index (χ2v) is 5.09. The van der Waals surface area contributed by atoms with Crippen molar-refractivity contribution < 1.29 is 9.90 Å². The molecule has 2 rings (SSSR count). The number of piperidine rings is 1. The van der Waals surface area contributed by atoms with E-state index < -0.39 is 5.97 Å². The molecule has 0 aliphatic carbocycles. The highest BCUT2D eigenvalue weighted by Crippen LogP contribution is 2.28. The van der Waals surface area contributed by atoms with E-state index in [4.69, 9.17) is 5.11 Å². The summed E-state index contributed by atoms with van der Waals surface area (Å²) in [5.41, 5.74) is 0.476. The van der Waals surface area contributed by atoms with Crippen LogP contribution in [0, 0.1) is 17.2 Å². The Hall–Kier alpha value is -1.81. The highest BCUT2D eigenvalue weighted by atomic mass is 32.2. The first-order valence-corrected chi connectivity index (χ1v) is 7.16. The molecule has 1 N–H and O–H groups in total. The normalized spacial score (nSPS) is 16.1. The summed E-state index contributed by atoms with van der Waals surface area (Å²) < 4.78 is 0. The number of carboxylic acid groups (broad SMARTS) is 1. The molecular formula is C12H14N4O2S. The largest absolute Gasteiger partial charge is 0.481 e. The smallest absolute Gasteiger partial charge is 0.306 e. The predicted molar refractivity (Wildman–Crippen MR) is 71.1 cm³/mol. The molecule has 1 aliphatic heterocycles. The van der Waals surface area contributed by atoms with E-state index in [2.05, 4.69) is 16.0 Å². The molecule has 19 heavy (non-hydrogen) atoms. The van der Waals surface area contributed by atoms with Crippen LogP contribution in [0.4, 0.5) is 5.82 Å². The predicted octanol–water partition coefficient (Wildman–Crippen LogP) is 1.37. The fourth-order valence-corrected chi connectivity index (χ4v) is 2.68. The SMILES string of the molecule is CSc1ncnc(N2CCC(C(=O)O)CC2)c1C#N. The van der Waals surface area contributed by atoms with Gasteiger partial charge in [-0.2, -0.15) is 5.26 Å². The van der Waals surface area contributed by atoms with Crippen LogP contribution in [0.25, 0.3) is 0 Å². The number of hydrogen-bond donors (Lipinski definition) is 1. The van der Waals surface area contributed by atoms with Crippen LogP contribution in [0.5, 0.6) is 0 Å². The summed E-state index contributed by atoms with van der Waals surface area (Å²) >= 11 is 1.41. The number of nitrogens with zero attached hydrogens (tertiary/aromatic N) is 4. The molecule has 0 unspecified atom stereocenters. The van der Waals surface area contributed by atoms with Gasteiger partial charge in [0.25, 0.3) is 0 Å². The molecule has 0 bridgehead atoms. The van der Waals surface area contributed by atoms with Gasteiger partial charge < -0.3 is 10.0 Å². The Morgan fingerprint density at radius 1 is 1.53 bits per heavy atom. The van der Waals surface area contributed by atoms with Crippen LogP contribution in [0.3, 0.4) is 0 Å². The van der Waals surface area contributed by atoms with Gasteiger partial charge in [0.1, 0.15) is 23.0 Å². The fourth-order valence-electron chi connectivity index (χ4n) is 2.19. The maximum Gasteiger partial charge on any atom is 0.306 e.